The maximum Gasteiger partial charge on any atom is 0.415 e. The first-order valence-corrected chi connectivity index (χ1v) is 41.5. The van der Waals surface area contributed by atoms with E-state index in [4.69, 9.17) is 18.3 Å². The maximum atomic E-state index is 11.1. The van der Waals surface area contributed by atoms with Crippen molar-refractivity contribution in [1.29, 1.82) is 0 Å². The van der Waals surface area contributed by atoms with Crippen LogP contribution in [-0.4, -0.2) is 103 Å². The molecule has 0 saturated heterocycles. The number of fused-ring (bicyclic) bond motifs is 2. The van der Waals surface area contributed by atoms with Crippen molar-refractivity contribution < 1.29 is 90.2 Å². The molecule has 0 bridgehead atoms. The van der Waals surface area contributed by atoms with Gasteiger partial charge in [-0.05, 0) is 200 Å². The van der Waals surface area contributed by atoms with Crippen LogP contribution in [0.5, 0.6) is 0 Å². The van der Waals surface area contributed by atoms with Gasteiger partial charge in [0.2, 0.25) is 0 Å². The number of ketones is 6. The van der Waals surface area contributed by atoms with Gasteiger partial charge in [0.15, 0.2) is 34.7 Å². The number of nitrogens with zero attached hydrogens (tertiary/aromatic N) is 1. The Morgan fingerprint density at radius 2 is 0.843 bits per heavy atom. The number of benzene rings is 2. The molecule has 0 atom stereocenters. The first-order chi connectivity index (χ1) is 58.6. The Kier molecular flexibility index (Phi) is 69.4. The lowest BCUT2D eigenvalue weighted by Crippen LogP contribution is -2.05. The van der Waals surface area contributed by atoms with Gasteiger partial charge in [-0.15, -0.1) is 0 Å². The monoisotopic (exact) mass is 1670 g/mol. The highest BCUT2D eigenvalue weighted by Crippen LogP contribution is 2.17. The number of esters is 5. The van der Waals surface area contributed by atoms with Gasteiger partial charge in [-0.2, -0.15) is 0 Å². The van der Waals surface area contributed by atoms with E-state index < -0.39 is 16.2 Å². The molecule has 121 heavy (non-hydrogen) atoms. The Bertz CT molecular complexity index is 4260. The molecule has 0 fully saturated rings. The van der Waals surface area contributed by atoms with Crippen molar-refractivity contribution in [3.63, 3.8) is 0 Å². The number of carbonyl (C=O) groups is 11. The molecular formula is C98H123NO22. The molecule has 2 aromatic heterocycles. The molecule has 12 rings (SSSR count). The summed E-state index contributed by atoms with van der Waals surface area (Å²) in [6, 6.07) is 18.4. The molecule has 8 aliphatic rings. The van der Waals surface area contributed by atoms with E-state index in [0.29, 0.717) is 49.6 Å². The van der Waals surface area contributed by atoms with Crippen LogP contribution in [0.3, 0.4) is 0 Å². The predicted octanol–water partition coefficient (Wildman–Crippen LogP) is 20.7. The Hall–Kier alpha value is -12.5. The highest BCUT2D eigenvalue weighted by Gasteiger charge is 2.15. The lowest BCUT2D eigenvalue weighted by Gasteiger charge is -2.02. The molecule has 23 nitrogen and oxygen atoms in total. The van der Waals surface area contributed by atoms with Gasteiger partial charge >= 0.3 is 46.8 Å². The average molecular weight is 1670 g/mol. The second kappa shape index (κ2) is 77.4. The van der Waals surface area contributed by atoms with Crippen LogP contribution in [0.4, 0.5) is 5.69 Å². The summed E-state index contributed by atoms with van der Waals surface area (Å²) in [6.45, 7) is 15.3. The smallest absolute Gasteiger partial charge is 0.415 e. The molecule has 0 amide bonds. The average Bonchev–Trinajstić information content (AvgIpc) is 1.25. The third-order valence-electron chi connectivity index (χ3n) is 15.5. The maximum absolute atomic E-state index is 11.1. The summed E-state index contributed by atoms with van der Waals surface area (Å²) in [7, 11) is 0. The van der Waals surface area contributed by atoms with Gasteiger partial charge in [-0.3, -0.25) is 38.9 Å². The normalized spacial score (nSPS) is 15.3. The summed E-state index contributed by atoms with van der Waals surface area (Å²) >= 11 is 0. The van der Waals surface area contributed by atoms with Gasteiger partial charge in [-0.1, -0.05) is 214 Å². The largest absolute Gasteiger partial charge is 0.463 e. The van der Waals surface area contributed by atoms with Crippen molar-refractivity contribution in [1.82, 2.24) is 0 Å². The molecule has 0 N–H and O–H groups in total. The number of cyclic esters (lactones) is 4. The van der Waals surface area contributed by atoms with Gasteiger partial charge in [0, 0.05) is 66.1 Å². The highest BCUT2D eigenvalue weighted by molar-refractivity contribution is 6.02. The van der Waals surface area contributed by atoms with E-state index in [2.05, 4.69) is 55.8 Å². The van der Waals surface area contributed by atoms with E-state index in [1.165, 1.54) is 73.9 Å². The SMILES string of the molecule is CCC/C=C/C(=O)/C=C/CCC.CCC/C=C/C(=O)CCCCC.CCC/C=C/C(=O)OCCCC.O=C1/C=C\CCCCO1.O=C1C=CC=C1.O=C1C=CCC=C1.O=C1C=CCCC/C=C\1.O=C1C=CCCC=C1.O=C1C=CCCCO1.O=C1C=CCCO1.O=C1C=CCO1.O=c1ccc2ccccc2o1.O=c1oc2ccccc2cc1[N+](=O)[O-]. The lowest BCUT2D eigenvalue weighted by atomic mass is 10.1. The molecule has 0 radical (unpaired) electrons. The van der Waals surface area contributed by atoms with Crippen molar-refractivity contribution in [2.45, 2.75) is 208 Å². The van der Waals surface area contributed by atoms with Crippen LogP contribution >= 0.6 is 0 Å². The lowest BCUT2D eigenvalue weighted by molar-refractivity contribution is -0.387. The zero-order valence-corrected chi connectivity index (χ0v) is 71.2. The predicted molar refractivity (Wildman–Crippen MR) is 477 cm³/mol. The quantitative estimate of drug-likeness (QED) is 0.0151. The number of ether oxygens (including phenoxy) is 5. The summed E-state index contributed by atoms with van der Waals surface area (Å²) in [5.41, 5.74) is -0.774. The third-order valence-corrected chi connectivity index (χ3v) is 15.5. The Labute approximate surface area is 712 Å². The van der Waals surface area contributed by atoms with Crippen molar-refractivity contribution in [3.8, 4) is 0 Å². The summed E-state index contributed by atoms with van der Waals surface area (Å²) in [5, 5.41) is 11.9. The molecule has 4 aliphatic heterocycles. The summed E-state index contributed by atoms with van der Waals surface area (Å²) in [4.78, 5) is 147. The molecule has 0 unspecified atom stereocenters. The fourth-order valence-electron chi connectivity index (χ4n) is 9.16. The Balaban J connectivity index is 0.00000130. The van der Waals surface area contributed by atoms with Crippen LogP contribution in [0.1, 0.15) is 208 Å². The van der Waals surface area contributed by atoms with Crippen molar-refractivity contribution >= 4 is 92.2 Å². The fourth-order valence-corrected chi connectivity index (χ4v) is 9.16. The standard InChI is InChI=1S/C11H20O.C11H18O.C10H18O2.C9H5NO4.C9H6O2.C8H10O.C7H10O2.C7H8O.C6H8O2.C6H6O.C5H6O2.C5H4O.C4H4O2/c2*1-3-5-7-9-11(12)10-8-6-4-2;1-3-5-7-8-10(11)12-9-6-4-2;11-9-7(10(12)13)5-6-3-1-2-4-8(6)14-9;10-9-6-5-7-3-1-2-4-8(7)11-9;9-8-6-4-2-1-3-5-7-8;8-7-5-3-1-2-4-6-9-7;8-7-5-3-1-2-4-6-7;7-6-4-2-1-3-5-8-6;7-6-4-2-1-3-5-6;6-5-3-1-2-4-7-5;6-5-3-1-2-4-5;5-4-2-1-3-6-4/h7,9H,3-6,8,10H2,1-2H3;7-10H,3-6H2,1-2H3;7-8H,3-6,9H2,1-2H3;1-5H;1-6H;4-7H,1-3H2;3,5H,1-2,4,6H2;3-6H,1-2H2;2,4H,1,3,5H2;2-5H,1H2;1,3H,2,4H2;1-4H;1-2H,3H2/b9-7+;9-7+,10-8+;8-7+;;;6-4-,7-5?;5-3-;;;;;;. The Morgan fingerprint density at radius 1 is 0.405 bits per heavy atom. The Morgan fingerprint density at radius 3 is 1.31 bits per heavy atom. The number of unbranched alkanes of at least 4 members (excludes halogenated alkanes) is 7. The molecule has 23 heteroatoms. The number of carbonyl (C=O) groups excluding carboxylic acids is 11. The summed E-state index contributed by atoms with van der Waals surface area (Å²) in [6.07, 6.45) is 81.4. The van der Waals surface area contributed by atoms with E-state index >= 15 is 0 Å². The van der Waals surface area contributed by atoms with E-state index in [9.17, 15) is 72.4 Å². The topological polar surface area (TPSA) is 337 Å². The molecule has 0 spiro atoms. The van der Waals surface area contributed by atoms with Crippen LogP contribution in [0, 0.1) is 10.1 Å². The van der Waals surface area contributed by atoms with E-state index in [-0.39, 0.29) is 70.2 Å². The van der Waals surface area contributed by atoms with Gasteiger partial charge in [0.25, 0.3) is 0 Å². The van der Waals surface area contributed by atoms with E-state index in [1.807, 2.05) is 97.2 Å². The molecule has 6 heterocycles. The molecule has 4 aliphatic carbocycles. The molecule has 2 aromatic carbocycles. The number of hydrogen-bond acceptors (Lipinski definition) is 22. The second-order valence-electron chi connectivity index (χ2n) is 26.3. The van der Waals surface area contributed by atoms with Gasteiger partial charge in [0.05, 0.1) is 31.4 Å². The zero-order chi connectivity index (χ0) is 89.2. The highest BCUT2D eigenvalue weighted by atomic mass is 16.6. The minimum Gasteiger partial charge on any atom is -0.463 e. The van der Waals surface area contributed by atoms with Crippen molar-refractivity contribution in [2.24, 2.45) is 0 Å². The van der Waals surface area contributed by atoms with Crippen molar-refractivity contribution in [3.05, 3.63) is 292 Å². The number of rotatable bonds is 20. The van der Waals surface area contributed by atoms with Crippen LogP contribution in [-0.2, 0) is 76.4 Å². The van der Waals surface area contributed by atoms with Gasteiger partial charge < -0.3 is 32.5 Å². The molecule has 652 valence electrons. The summed E-state index contributed by atoms with van der Waals surface area (Å²) in [5.74, 6) is -0.234. The second-order valence-corrected chi connectivity index (χ2v) is 26.3. The van der Waals surface area contributed by atoms with E-state index in [1.54, 1.807) is 109 Å². The van der Waals surface area contributed by atoms with Crippen LogP contribution in [0.25, 0.3) is 21.9 Å². The molecule has 0 saturated carbocycles. The number of hydrogen-bond donors (Lipinski definition) is 0. The van der Waals surface area contributed by atoms with E-state index in [0.717, 1.165) is 153 Å². The van der Waals surface area contributed by atoms with Crippen LogP contribution in [0.2, 0.25) is 0 Å². The minimum absolute atomic E-state index is 0.0926. The fraction of sp³-hybridized carbons (Fsp3) is 0.378. The zero-order valence-electron chi connectivity index (χ0n) is 71.2. The first kappa shape index (κ1) is 108. The summed E-state index contributed by atoms with van der Waals surface area (Å²) < 4.78 is 33.0. The first-order valence-electron chi connectivity index (χ1n) is 41.5. The van der Waals surface area contributed by atoms with Gasteiger partial charge in [-0.25, -0.2) is 33.6 Å². The number of para-hydroxylation sites is 2. The number of nitro groups is 1. The van der Waals surface area contributed by atoms with Crippen LogP contribution in [0.15, 0.2) is 280 Å². The minimum atomic E-state index is -0.923. The molecule has 4 aromatic rings. The van der Waals surface area contributed by atoms with Crippen LogP contribution < -0.4 is 11.3 Å². The third kappa shape index (κ3) is 68.1. The number of allylic oxidation sites excluding steroid dienone is 25. The van der Waals surface area contributed by atoms with Gasteiger partial charge in [0.1, 0.15) is 17.8 Å². The van der Waals surface area contributed by atoms with Crippen molar-refractivity contribution in [2.75, 3.05) is 33.0 Å². The molecular weight excluding hydrogens is 1540 g/mol.